The van der Waals surface area contributed by atoms with E-state index in [1.54, 1.807) is 24.0 Å². The van der Waals surface area contributed by atoms with Crippen molar-refractivity contribution < 1.29 is 13.2 Å². The van der Waals surface area contributed by atoms with E-state index in [4.69, 9.17) is 10.7 Å². The number of carbonyl (C=O) groups is 1. The first-order valence-corrected chi connectivity index (χ1v) is 8.82. The summed E-state index contributed by atoms with van der Waals surface area (Å²) in [6.45, 7) is 8.81. The molecule has 0 saturated carbocycles. The number of carbonyl (C=O) groups excluding carboxylic acids is 1. The molecule has 112 valence electrons. The molecule has 0 spiro atoms. The predicted molar refractivity (Wildman–Crippen MR) is 80.6 cm³/mol. The zero-order chi connectivity index (χ0) is 15.5. The Hall–Kier alpha value is -1.07. The van der Waals surface area contributed by atoms with Crippen molar-refractivity contribution in [2.24, 2.45) is 5.92 Å². The van der Waals surface area contributed by atoms with Gasteiger partial charge in [0, 0.05) is 29.3 Å². The summed E-state index contributed by atoms with van der Waals surface area (Å²) in [5.41, 5.74) is 0.876. The Morgan fingerprint density at radius 3 is 2.40 bits per heavy atom. The first kappa shape index (κ1) is 17.0. The molecule has 4 nitrogen and oxygen atoms in total. The number of hydrogen-bond donors (Lipinski definition) is 0. The van der Waals surface area contributed by atoms with Crippen LogP contribution in [-0.4, -0.2) is 32.3 Å². The Morgan fingerprint density at radius 1 is 1.35 bits per heavy atom. The molecule has 0 unspecified atom stereocenters. The largest absolute Gasteiger partial charge is 0.339 e. The minimum Gasteiger partial charge on any atom is -0.339 e. The molecule has 0 aliphatic carbocycles. The van der Waals surface area contributed by atoms with Crippen LogP contribution in [0.3, 0.4) is 0 Å². The minimum atomic E-state index is -3.84. The van der Waals surface area contributed by atoms with E-state index in [1.165, 1.54) is 6.07 Å². The smallest absolute Gasteiger partial charge is 0.261 e. The van der Waals surface area contributed by atoms with E-state index in [0.717, 1.165) is 0 Å². The van der Waals surface area contributed by atoms with Gasteiger partial charge in [-0.25, -0.2) is 8.42 Å². The maximum atomic E-state index is 12.4. The highest BCUT2D eigenvalue weighted by Crippen LogP contribution is 2.22. The highest BCUT2D eigenvalue weighted by Gasteiger charge is 2.20. The molecule has 1 aromatic carbocycles. The molecule has 0 saturated heterocycles. The van der Waals surface area contributed by atoms with E-state index < -0.39 is 9.05 Å². The van der Waals surface area contributed by atoms with Crippen molar-refractivity contribution in [1.82, 2.24) is 4.90 Å². The van der Waals surface area contributed by atoms with Crippen LogP contribution in [0.2, 0.25) is 0 Å². The molecular weight excluding hydrogens is 298 g/mol. The van der Waals surface area contributed by atoms with E-state index in [9.17, 15) is 13.2 Å². The quantitative estimate of drug-likeness (QED) is 0.784. The third-order valence-corrected chi connectivity index (χ3v) is 4.42. The molecule has 1 amide bonds. The summed E-state index contributed by atoms with van der Waals surface area (Å²) in [7, 11) is 1.54. The maximum Gasteiger partial charge on any atom is 0.261 e. The molecule has 0 aromatic heterocycles. The summed E-state index contributed by atoms with van der Waals surface area (Å²) in [5.74, 6) is 0.170. The number of hydrogen-bond acceptors (Lipinski definition) is 3. The van der Waals surface area contributed by atoms with E-state index >= 15 is 0 Å². The molecule has 0 aliphatic rings. The maximum absolute atomic E-state index is 12.4. The van der Waals surface area contributed by atoms with Crippen LogP contribution in [0.5, 0.6) is 0 Å². The molecular formula is C14H20ClNO3S. The van der Waals surface area contributed by atoms with Gasteiger partial charge in [0.25, 0.3) is 15.0 Å². The van der Waals surface area contributed by atoms with Crippen LogP contribution >= 0.6 is 10.7 Å². The van der Waals surface area contributed by atoms with E-state index in [0.29, 0.717) is 30.1 Å². The molecule has 1 rings (SSSR count). The second-order valence-corrected chi connectivity index (χ2v) is 7.69. The van der Waals surface area contributed by atoms with Gasteiger partial charge >= 0.3 is 0 Å². The van der Waals surface area contributed by atoms with Gasteiger partial charge in [-0.2, -0.15) is 0 Å². The van der Waals surface area contributed by atoms with E-state index in [1.807, 2.05) is 20.8 Å². The molecule has 0 heterocycles. The summed E-state index contributed by atoms with van der Waals surface area (Å²) < 4.78 is 23.0. The topological polar surface area (TPSA) is 54.5 Å². The molecule has 0 N–H and O–H groups in total. The number of aryl methyl sites for hydroxylation is 1. The van der Waals surface area contributed by atoms with Gasteiger partial charge in [0.2, 0.25) is 0 Å². The minimum absolute atomic E-state index is 0.00869. The third-order valence-electron chi connectivity index (χ3n) is 2.95. The van der Waals surface area contributed by atoms with Crippen LogP contribution in [0.4, 0.5) is 0 Å². The van der Waals surface area contributed by atoms with Gasteiger partial charge in [0.15, 0.2) is 0 Å². The Labute approximate surface area is 125 Å². The number of rotatable bonds is 5. The number of amides is 1. The molecule has 0 fully saturated rings. The standard InChI is InChI=1S/C14H20ClNO3S/c1-5-16(9-10(2)3)14(17)12-7-6-11(4)13(8-12)20(15,18)19/h6-8,10H,5,9H2,1-4H3. The fourth-order valence-electron chi connectivity index (χ4n) is 1.97. The average molecular weight is 318 g/mol. The highest BCUT2D eigenvalue weighted by molar-refractivity contribution is 8.13. The number of nitrogens with zero attached hydrogens (tertiary/aromatic N) is 1. The van der Waals surface area contributed by atoms with E-state index in [2.05, 4.69) is 0 Å². The van der Waals surface area contributed by atoms with Gasteiger partial charge in [-0.05, 0) is 37.5 Å². The second-order valence-electron chi connectivity index (χ2n) is 5.16. The zero-order valence-corrected chi connectivity index (χ0v) is 13.8. The molecule has 6 heteroatoms. The van der Waals surface area contributed by atoms with Crippen molar-refractivity contribution in [2.75, 3.05) is 13.1 Å². The van der Waals surface area contributed by atoms with Gasteiger partial charge in [-0.1, -0.05) is 19.9 Å². The predicted octanol–water partition coefficient (Wildman–Crippen LogP) is 3.04. The summed E-state index contributed by atoms with van der Waals surface area (Å²) in [6, 6.07) is 4.58. The van der Waals surface area contributed by atoms with Crippen LogP contribution in [0.15, 0.2) is 23.1 Å². The average Bonchev–Trinajstić information content (AvgIpc) is 2.34. The zero-order valence-electron chi connectivity index (χ0n) is 12.2. The molecule has 0 aliphatic heterocycles. The van der Waals surface area contributed by atoms with Crippen LogP contribution in [0.1, 0.15) is 36.7 Å². The van der Waals surface area contributed by atoms with Crippen molar-refractivity contribution in [3.8, 4) is 0 Å². The Morgan fingerprint density at radius 2 is 1.95 bits per heavy atom. The van der Waals surface area contributed by atoms with Gasteiger partial charge in [-0.3, -0.25) is 4.79 Å². The van der Waals surface area contributed by atoms with Crippen LogP contribution in [-0.2, 0) is 9.05 Å². The lowest BCUT2D eigenvalue weighted by Crippen LogP contribution is -2.34. The van der Waals surface area contributed by atoms with Crippen LogP contribution in [0.25, 0.3) is 0 Å². The molecule has 0 bridgehead atoms. The number of benzene rings is 1. The summed E-state index contributed by atoms with van der Waals surface area (Å²) in [5, 5.41) is 0. The van der Waals surface area contributed by atoms with Crippen molar-refractivity contribution in [3.63, 3.8) is 0 Å². The van der Waals surface area contributed by atoms with Crippen molar-refractivity contribution in [1.29, 1.82) is 0 Å². The lowest BCUT2D eigenvalue weighted by molar-refractivity contribution is 0.0745. The van der Waals surface area contributed by atoms with Crippen molar-refractivity contribution in [3.05, 3.63) is 29.3 Å². The second kappa shape index (κ2) is 6.59. The van der Waals surface area contributed by atoms with E-state index in [-0.39, 0.29) is 10.8 Å². The molecule has 0 atom stereocenters. The highest BCUT2D eigenvalue weighted by atomic mass is 35.7. The van der Waals surface area contributed by atoms with Crippen LogP contribution in [0, 0.1) is 12.8 Å². The Kier molecular flexibility index (Phi) is 5.59. The first-order valence-electron chi connectivity index (χ1n) is 6.51. The lowest BCUT2D eigenvalue weighted by atomic mass is 10.1. The van der Waals surface area contributed by atoms with Gasteiger partial charge in [0.05, 0.1) is 4.90 Å². The summed E-state index contributed by atoms with van der Waals surface area (Å²) in [4.78, 5) is 14.1. The summed E-state index contributed by atoms with van der Waals surface area (Å²) in [6.07, 6.45) is 0. The number of halogens is 1. The Balaban J connectivity index is 3.17. The van der Waals surface area contributed by atoms with Crippen molar-refractivity contribution in [2.45, 2.75) is 32.6 Å². The van der Waals surface area contributed by atoms with Gasteiger partial charge in [0.1, 0.15) is 0 Å². The van der Waals surface area contributed by atoms with Crippen molar-refractivity contribution >= 4 is 25.6 Å². The first-order chi connectivity index (χ1) is 9.16. The normalized spacial score (nSPS) is 11.7. The Bertz CT molecular complexity index is 596. The van der Waals surface area contributed by atoms with Crippen LogP contribution < -0.4 is 0 Å². The molecule has 1 aromatic rings. The lowest BCUT2D eigenvalue weighted by Gasteiger charge is -2.23. The SMILES string of the molecule is CCN(CC(C)C)C(=O)c1ccc(C)c(S(=O)(=O)Cl)c1. The monoisotopic (exact) mass is 317 g/mol. The molecule has 0 radical (unpaired) electrons. The summed E-state index contributed by atoms with van der Waals surface area (Å²) >= 11 is 0. The fraction of sp³-hybridized carbons (Fsp3) is 0.500. The fourth-order valence-corrected chi connectivity index (χ4v) is 3.19. The third kappa shape index (κ3) is 4.21. The van der Waals surface area contributed by atoms with Gasteiger partial charge < -0.3 is 4.90 Å². The molecule has 20 heavy (non-hydrogen) atoms. The van der Waals surface area contributed by atoms with Gasteiger partial charge in [-0.15, -0.1) is 0 Å².